The van der Waals surface area contributed by atoms with Crippen LogP contribution in [0.4, 0.5) is 0 Å². The van der Waals surface area contributed by atoms with E-state index in [1.807, 2.05) is 31.2 Å². The first-order valence-electron chi connectivity index (χ1n) is 9.77. The number of halogens is 2. The van der Waals surface area contributed by atoms with Gasteiger partial charge in [0.15, 0.2) is 5.96 Å². The number of aliphatic imine (C=N–C) groups is 1. The number of hydrogen-bond donors (Lipinski definition) is 2. The molecular weight excluding hydrogens is 505 g/mol. The van der Waals surface area contributed by atoms with Gasteiger partial charge in [0.05, 0.1) is 19.3 Å². The van der Waals surface area contributed by atoms with Crippen LogP contribution in [0.25, 0.3) is 0 Å². The molecule has 1 unspecified atom stereocenters. The molecule has 7 nitrogen and oxygen atoms in total. The first kappa shape index (κ1) is 25.9. The predicted octanol–water partition coefficient (Wildman–Crippen LogP) is 2.36. The molecule has 0 aromatic heterocycles. The fourth-order valence-electron chi connectivity index (χ4n) is 2.88. The molecule has 0 aliphatic carbocycles. The number of carbonyl (C=O) groups excluding carboxylic acids is 1. The Hall–Kier alpha value is -1.10. The molecule has 1 atom stereocenters. The number of morpholine rings is 1. The standard InChI is InChI=1S/C20H32ClN5O2.HI/c1-16(17-7-4-5-8-18(17)21)24-20(23-15-19(27)25(2)3)22-9-6-10-26-11-13-28-14-12-26;/h4-5,7-8,16H,6,9-15H2,1-3H3,(H2,22,23,24);1H. The Morgan fingerprint density at radius 1 is 1.31 bits per heavy atom. The molecule has 9 heteroatoms. The predicted molar refractivity (Wildman–Crippen MR) is 129 cm³/mol. The third kappa shape index (κ3) is 9.50. The fraction of sp³-hybridized carbons (Fsp3) is 0.600. The Morgan fingerprint density at radius 2 is 2.00 bits per heavy atom. The second-order valence-electron chi connectivity index (χ2n) is 7.07. The van der Waals surface area contributed by atoms with Gasteiger partial charge in [-0.3, -0.25) is 9.69 Å². The van der Waals surface area contributed by atoms with Crippen LogP contribution >= 0.6 is 35.6 Å². The maximum absolute atomic E-state index is 11.9. The number of carbonyl (C=O) groups is 1. The van der Waals surface area contributed by atoms with Crippen molar-refractivity contribution in [3.05, 3.63) is 34.9 Å². The Bertz CT molecular complexity index is 654. The summed E-state index contributed by atoms with van der Waals surface area (Å²) in [5.74, 6) is 0.574. The van der Waals surface area contributed by atoms with E-state index >= 15 is 0 Å². The number of nitrogens with zero attached hydrogens (tertiary/aromatic N) is 3. The maximum Gasteiger partial charge on any atom is 0.243 e. The first-order chi connectivity index (χ1) is 13.5. The Morgan fingerprint density at radius 3 is 2.66 bits per heavy atom. The Labute approximate surface area is 196 Å². The Balaban J connectivity index is 0.00000420. The second-order valence-corrected chi connectivity index (χ2v) is 7.48. The van der Waals surface area contributed by atoms with Crippen molar-refractivity contribution in [3.63, 3.8) is 0 Å². The monoisotopic (exact) mass is 537 g/mol. The smallest absolute Gasteiger partial charge is 0.243 e. The highest BCUT2D eigenvalue weighted by atomic mass is 127. The van der Waals surface area contributed by atoms with Gasteiger partial charge < -0.3 is 20.3 Å². The zero-order valence-electron chi connectivity index (χ0n) is 17.5. The number of amides is 1. The lowest BCUT2D eigenvalue weighted by Crippen LogP contribution is -2.42. The largest absolute Gasteiger partial charge is 0.379 e. The highest BCUT2D eigenvalue weighted by molar-refractivity contribution is 14.0. The number of rotatable bonds is 8. The molecular formula is C20H33ClIN5O2. The molecule has 1 aromatic carbocycles. The maximum atomic E-state index is 11.9. The van der Waals surface area contributed by atoms with Crippen molar-refractivity contribution >= 4 is 47.4 Å². The topological polar surface area (TPSA) is 69.2 Å². The van der Waals surface area contributed by atoms with E-state index in [2.05, 4.69) is 20.5 Å². The summed E-state index contributed by atoms with van der Waals surface area (Å²) in [5, 5.41) is 7.40. The molecule has 1 heterocycles. The van der Waals surface area contributed by atoms with Gasteiger partial charge >= 0.3 is 0 Å². The summed E-state index contributed by atoms with van der Waals surface area (Å²) >= 11 is 6.31. The molecule has 0 saturated carbocycles. The molecule has 0 radical (unpaired) electrons. The van der Waals surface area contributed by atoms with Crippen LogP contribution in [0.3, 0.4) is 0 Å². The number of benzene rings is 1. The van der Waals surface area contributed by atoms with Gasteiger partial charge in [-0.15, -0.1) is 24.0 Å². The summed E-state index contributed by atoms with van der Waals surface area (Å²) in [6.45, 7) is 7.50. The normalized spacial score (nSPS) is 15.9. The molecule has 29 heavy (non-hydrogen) atoms. The van der Waals surface area contributed by atoms with Gasteiger partial charge in [0.2, 0.25) is 5.91 Å². The van der Waals surface area contributed by atoms with Gasteiger partial charge in [0.1, 0.15) is 6.54 Å². The average molecular weight is 538 g/mol. The summed E-state index contributed by atoms with van der Waals surface area (Å²) in [4.78, 5) is 20.3. The summed E-state index contributed by atoms with van der Waals surface area (Å²) in [5.41, 5.74) is 0.992. The van der Waals surface area contributed by atoms with Crippen LogP contribution in [0, 0.1) is 0 Å². The van der Waals surface area contributed by atoms with Crippen LogP contribution in [0.1, 0.15) is 24.9 Å². The van der Waals surface area contributed by atoms with Crippen LogP contribution in [-0.4, -0.2) is 81.7 Å². The lowest BCUT2D eigenvalue weighted by atomic mass is 10.1. The third-order valence-corrected chi connectivity index (χ3v) is 4.99. The van der Waals surface area contributed by atoms with Crippen molar-refractivity contribution in [2.45, 2.75) is 19.4 Å². The van der Waals surface area contributed by atoms with E-state index in [1.54, 1.807) is 14.1 Å². The summed E-state index contributed by atoms with van der Waals surface area (Å²) in [6, 6.07) is 7.70. The van der Waals surface area contributed by atoms with E-state index in [1.165, 1.54) is 4.90 Å². The molecule has 1 aliphatic heterocycles. The van der Waals surface area contributed by atoms with Crippen molar-refractivity contribution in [3.8, 4) is 0 Å². The van der Waals surface area contributed by atoms with Gasteiger partial charge in [0, 0.05) is 38.8 Å². The molecule has 0 spiro atoms. The van der Waals surface area contributed by atoms with Crippen LogP contribution in [-0.2, 0) is 9.53 Å². The summed E-state index contributed by atoms with van der Waals surface area (Å²) in [7, 11) is 3.46. The van der Waals surface area contributed by atoms with Crippen molar-refractivity contribution in [1.82, 2.24) is 20.4 Å². The molecule has 1 saturated heterocycles. The molecule has 2 rings (SSSR count). The average Bonchev–Trinajstić information content (AvgIpc) is 2.69. The SMILES string of the molecule is CC(NC(=NCC(=O)N(C)C)NCCCN1CCOCC1)c1ccccc1Cl.I. The summed E-state index contributed by atoms with van der Waals surface area (Å²) < 4.78 is 5.38. The molecule has 0 bridgehead atoms. The van der Waals surface area contributed by atoms with Crippen LogP contribution in [0.15, 0.2) is 29.3 Å². The van der Waals surface area contributed by atoms with E-state index in [-0.39, 0.29) is 42.5 Å². The van der Waals surface area contributed by atoms with E-state index < -0.39 is 0 Å². The minimum absolute atomic E-state index is 0. The van der Waals surface area contributed by atoms with Crippen molar-refractivity contribution in [2.24, 2.45) is 4.99 Å². The van der Waals surface area contributed by atoms with Gasteiger partial charge in [-0.1, -0.05) is 29.8 Å². The number of nitrogens with one attached hydrogen (secondary N) is 2. The highest BCUT2D eigenvalue weighted by Gasteiger charge is 2.13. The minimum atomic E-state index is -0.0418. The minimum Gasteiger partial charge on any atom is -0.379 e. The first-order valence-corrected chi connectivity index (χ1v) is 10.1. The molecule has 2 N–H and O–H groups in total. The quantitative estimate of drug-likeness (QED) is 0.231. The number of likely N-dealkylation sites (N-methyl/N-ethyl adjacent to an activating group) is 1. The van der Waals surface area contributed by atoms with Gasteiger partial charge in [-0.25, -0.2) is 4.99 Å². The van der Waals surface area contributed by atoms with Gasteiger partial charge in [0.25, 0.3) is 0 Å². The third-order valence-electron chi connectivity index (χ3n) is 4.64. The zero-order chi connectivity index (χ0) is 20.4. The Kier molecular flexibility index (Phi) is 12.5. The summed E-state index contributed by atoms with van der Waals surface area (Å²) in [6.07, 6.45) is 0.989. The fourth-order valence-corrected chi connectivity index (χ4v) is 3.18. The van der Waals surface area contributed by atoms with Gasteiger partial charge in [-0.2, -0.15) is 0 Å². The van der Waals surface area contributed by atoms with Crippen molar-refractivity contribution in [1.29, 1.82) is 0 Å². The van der Waals surface area contributed by atoms with E-state index in [9.17, 15) is 4.79 Å². The number of hydrogen-bond acceptors (Lipinski definition) is 4. The lowest BCUT2D eigenvalue weighted by Gasteiger charge is -2.26. The molecule has 1 amide bonds. The van der Waals surface area contributed by atoms with E-state index in [4.69, 9.17) is 16.3 Å². The molecule has 1 aliphatic rings. The zero-order valence-corrected chi connectivity index (χ0v) is 20.6. The molecule has 1 fully saturated rings. The lowest BCUT2D eigenvalue weighted by molar-refractivity contribution is -0.127. The number of guanidine groups is 1. The van der Waals surface area contributed by atoms with Crippen LogP contribution in [0.2, 0.25) is 5.02 Å². The number of ether oxygens (including phenoxy) is 1. The van der Waals surface area contributed by atoms with Gasteiger partial charge in [-0.05, 0) is 31.5 Å². The second kappa shape index (κ2) is 14.0. The van der Waals surface area contributed by atoms with E-state index in [0.29, 0.717) is 11.0 Å². The molecule has 164 valence electrons. The van der Waals surface area contributed by atoms with Crippen molar-refractivity contribution in [2.75, 3.05) is 60.0 Å². The highest BCUT2D eigenvalue weighted by Crippen LogP contribution is 2.21. The van der Waals surface area contributed by atoms with Crippen molar-refractivity contribution < 1.29 is 9.53 Å². The van der Waals surface area contributed by atoms with Crippen LogP contribution < -0.4 is 10.6 Å². The van der Waals surface area contributed by atoms with E-state index in [0.717, 1.165) is 51.4 Å². The van der Waals surface area contributed by atoms with Crippen LogP contribution in [0.5, 0.6) is 0 Å². The molecule has 1 aromatic rings.